The second-order valence-corrected chi connectivity index (χ2v) is 7.69. The van der Waals surface area contributed by atoms with Crippen LogP contribution in [0.15, 0.2) is 4.99 Å². The summed E-state index contributed by atoms with van der Waals surface area (Å²) in [5, 5.41) is 16.3. The van der Waals surface area contributed by atoms with Gasteiger partial charge in [-0.2, -0.15) is 11.8 Å². The van der Waals surface area contributed by atoms with Crippen molar-refractivity contribution in [3.8, 4) is 0 Å². The first-order valence-electron chi connectivity index (χ1n) is 7.80. The van der Waals surface area contributed by atoms with Gasteiger partial charge in [0.2, 0.25) is 0 Å². The highest BCUT2D eigenvalue weighted by atomic mass is 127. The van der Waals surface area contributed by atoms with Crippen molar-refractivity contribution in [1.82, 2.24) is 10.6 Å². The first-order chi connectivity index (χ1) is 9.96. The van der Waals surface area contributed by atoms with Crippen LogP contribution in [-0.4, -0.2) is 61.0 Å². The maximum absolute atomic E-state index is 9.90. The smallest absolute Gasteiger partial charge is 0.191 e. The van der Waals surface area contributed by atoms with E-state index in [-0.39, 0.29) is 28.7 Å². The molecule has 0 saturated heterocycles. The molecule has 7 heteroatoms. The van der Waals surface area contributed by atoms with Crippen molar-refractivity contribution >= 4 is 41.7 Å². The Morgan fingerprint density at radius 3 is 2.64 bits per heavy atom. The van der Waals surface area contributed by atoms with Crippen LogP contribution in [0.1, 0.15) is 33.6 Å². The Kier molecular flexibility index (Phi) is 11.9. The lowest BCUT2D eigenvalue weighted by Crippen LogP contribution is -2.43. The highest BCUT2D eigenvalue weighted by molar-refractivity contribution is 14.0. The Hall–Kier alpha value is 0.270. The topological polar surface area (TPSA) is 65.9 Å². The van der Waals surface area contributed by atoms with Crippen molar-refractivity contribution in [2.45, 2.75) is 44.5 Å². The normalized spacial score (nSPS) is 16.9. The standard InChI is InChI=1S/C15H31N3O2S.HI/c1-5-16-14(18-11-15(2,3)21-4)17-8-13(19)10-20-9-12-6-7-12;/h12-13,19H,5-11H2,1-4H3,(H2,16,17,18);1H. The largest absolute Gasteiger partial charge is 0.389 e. The molecule has 0 amide bonds. The summed E-state index contributed by atoms with van der Waals surface area (Å²) in [5.41, 5.74) is 0. The molecule has 1 unspecified atom stereocenters. The van der Waals surface area contributed by atoms with E-state index < -0.39 is 6.10 Å². The van der Waals surface area contributed by atoms with Crippen molar-refractivity contribution < 1.29 is 9.84 Å². The fraction of sp³-hybridized carbons (Fsp3) is 0.933. The molecule has 3 N–H and O–H groups in total. The highest BCUT2D eigenvalue weighted by Crippen LogP contribution is 2.28. The number of aliphatic hydroxyl groups is 1. The van der Waals surface area contributed by atoms with Gasteiger partial charge in [0.25, 0.3) is 0 Å². The molecule has 1 fully saturated rings. The van der Waals surface area contributed by atoms with Crippen LogP contribution in [-0.2, 0) is 4.74 Å². The fourth-order valence-electron chi connectivity index (χ4n) is 1.60. The van der Waals surface area contributed by atoms with Crippen molar-refractivity contribution in [3.05, 3.63) is 0 Å². The third-order valence-corrected chi connectivity index (χ3v) is 4.61. The van der Waals surface area contributed by atoms with Gasteiger partial charge >= 0.3 is 0 Å². The predicted octanol–water partition coefficient (Wildman–Crippen LogP) is 2.09. The van der Waals surface area contributed by atoms with Gasteiger partial charge in [0.1, 0.15) is 0 Å². The summed E-state index contributed by atoms with van der Waals surface area (Å²) in [7, 11) is 0. The van der Waals surface area contributed by atoms with Gasteiger partial charge in [0.05, 0.1) is 19.3 Å². The summed E-state index contributed by atoms with van der Waals surface area (Å²) in [5.74, 6) is 1.48. The first kappa shape index (κ1) is 22.3. The summed E-state index contributed by atoms with van der Waals surface area (Å²) in [6.45, 7) is 9.54. The molecule has 0 aliphatic heterocycles. The summed E-state index contributed by atoms with van der Waals surface area (Å²) in [6.07, 6.45) is 4.14. The number of halogens is 1. The molecule has 22 heavy (non-hydrogen) atoms. The lowest BCUT2D eigenvalue weighted by Gasteiger charge is -2.21. The van der Waals surface area contributed by atoms with Crippen LogP contribution in [0.25, 0.3) is 0 Å². The van der Waals surface area contributed by atoms with Crippen LogP contribution < -0.4 is 10.6 Å². The van der Waals surface area contributed by atoms with E-state index in [1.54, 1.807) is 11.8 Å². The number of nitrogens with one attached hydrogen (secondary N) is 2. The second-order valence-electron chi connectivity index (χ2n) is 6.17. The SMILES string of the molecule is CCNC(=NCC(C)(C)SC)NCC(O)COCC1CC1.I. The molecule has 0 spiro atoms. The van der Waals surface area contributed by atoms with E-state index in [4.69, 9.17) is 4.74 Å². The fourth-order valence-corrected chi connectivity index (χ4v) is 1.80. The van der Waals surface area contributed by atoms with Gasteiger partial charge < -0.3 is 20.5 Å². The molecule has 0 heterocycles. The Bertz CT molecular complexity index is 326. The van der Waals surface area contributed by atoms with Gasteiger partial charge in [-0.25, -0.2) is 0 Å². The zero-order chi connectivity index (χ0) is 15.7. The molecule has 1 atom stereocenters. The van der Waals surface area contributed by atoms with Crippen molar-refractivity contribution in [1.29, 1.82) is 0 Å². The number of ether oxygens (including phenoxy) is 1. The van der Waals surface area contributed by atoms with E-state index in [0.717, 1.165) is 31.6 Å². The Morgan fingerprint density at radius 1 is 1.41 bits per heavy atom. The van der Waals surface area contributed by atoms with E-state index in [2.05, 4.69) is 35.7 Å². The number of thioether (sulfide) groups is 1. The Morgan fingerprint density at radius 2 is 2.09 bits per heavy atom. The van der Waals surface area contributed by atoms with Gasteiger partial charge in [-0.05, 0) is 45.8 Å². The summed E-state index contributed by atoms with van der Waals surface area (Å²) in [6, 6.07) is 0. The van der Waals surface area contributed by atoms with Crippen LogP contribution in [0.2, 0.25) is 0 Å². The minimum atomic E-state index is -0.499. The molecule has 1 aliphatic rings. The molecule has 1 saturated carbocycles. The van der Waals surface area contributed by atoms with Crippen LogP contribution in [0.3, 0.4) is 0 Å². The Labute approximate surface area is 156 Å². The van der Waals surface area contributed by atoms with Crippen molar-refractivity contribution in [2.24, 2.45) is 10.9 Å². The number of rotatable bonds is 10. The van der Waals surface area contributed by atoms with Crippen molar-refractivity contribution in [3.63, 3.8) is 0 Å². The second kappa shape index (κ2) is 11.8. The van der Waals surface area contributed by atoms with E-state index in [9.17, 15) is 5.11 Å². The number of hydrogen-bond acceptors (Lipinski definition) is 4. The van der Waals surface area contributed by atoms with Gasteiger partial charge in [-0.1, -0.05) is 0 Å². The summed E-state index contributed by atoms with van der Waals surface area (Å²) >= 11 is 1.80. The molecule has 132 valence electrons. The molecular weight excluding hydrogens is 413 g/mol. The Balaban J connectivity index is 0.00000441. The molecule has 0 radical (unpaired) electrons. The summed E-state index contributed by atoms with van der Waals surface area (Å²) in [4.78, 5) is 4.57. The number of aliphatic hydroxyl groups excluding tert-OH is 1. The molecule has 1 aliphatic carbocycles. The number of aliphatic imine (C=N–C) groups is 1. The van der Waals surface area contributed by atoms with E-state index in [1.807, 2.05) is 6.92 Å². The van der Waals surface area contributed by atoms with E-state index in [1.165, 1.54) is 12.8 Å². The minimum absolute atomic E-state index is 0. The van der Waals surface area contributed by atoms with E-state index in [0.29, 0.717) is 13.2 Å². The maximum atomic E-state index is 9.90. The number of hydrogen-bond donors (Lipinski definition) is 3. The average molecular weight is 445 g/mol. The molecular formula is C15H32IN3O2S. The maximum Gasteiger partial charge on any atom is 0.191 e. The number of nitrogens with zero attached hydrogens (tertiary/aromatic N) is 1. The molecule has 1 rings (SSSR count). The third kappa shape index (κ3) is 10.9. The third-order valence-electron chi connectivity index (χ3n) is 3.38. The zero-order valence-electron chi connectivity index (χ0n) is 14.2. The lowest BCUT2D eigenvalue weighted by molar-refractivity contribution is 0.0345. The van der Waals surface area contributed by atoms with E-state index >= 15 is 0 Å². The average Bonchev–Trinajstić information content (AvgIpc) is 3.26. The van der Waals surface area contributed by atoms with Crippen molar-refractivity contribution in [2.75, 3.05) is 39.1 Å². The molecule has 0 aromatic rings. The minimum Gasteiger partial charge on any atom is -0.389 e. The monoisotopic (exact) mass is 445 g/mol. The van der Waals surface area contributed by atoms with Gasteiger partial charge in [0, 0.05) is 24.4 Å². The van der Waals surface area contributed by atoms with Gasteiger partial charge in [-0.15, -0.1) is 24.0 Å². The predicted molar refractivity (Wildman–Crippen MR) is 107 cm³/mol. The molecule has 0 aromatic heterocycles. The quantitative estimate of drug-likeness (QED) is 0.273. The molecule has 0 bridgehead atoms. The zero-order valence-corrected chi connectivity index (χ0v) is 17.4. The lowest BCUT2D eigenvalue weighted by atomic mass is 10.2. The van der Waals surface area contributed by atoms with Crippen LogP contribution in [0.4, 0.5) is 0 Å². The molecule has 0 aromatic carbocycles. The van der Waals surface area contributed by atoms with Crippen LogP contribution >= 0.6 is 35.7 Å². The first-order valence-corrected chi connectivity index (χ1v) is 9.02. The van der Waals surface area contributed by atoms with Crippen LogP contribution in [0, 0.1) is 5.92 Å². The van der Waals surface area contributed by atoms with Gasteiger partial charge in [-0.3, -0.25) is 4.99 Å². The van der Waals surface area contributed by atoms with Gasteiger partial charge in [0.15, 0.2) is 5.96 Å². The van der Waals surface area contributed by atoms with Crippen LogP contribution in [0.5, 0.6) is 0 Å². The highest BCUT2D eigenvalue weighted by Gasteiger charge is 2.21. The summed E-state index contributed by atoms with van der Waals surface area (Å²) < 4.78 is 5.61. The number of guanidine groups is 1. The molecule has 5 nitrogen and oxygen atoms in total.